The summed E-state index contributed by atoms with van der Waals surface area (Å²) in [7, 11) is 0. The zero-order chi connectivity index (χ0) is 14.4. The second-order valence-electron chi connectivity index (χ2n) is 8.24. The second-order valence-corrected chi connectivity index (χ2v) is 8.24. The molecule has 4 atom stereocenters. The normalized spacial score (nSPS) is 44.1. The molecular formula is C18H31ClN2O. The van der Waals surface area contributed by atoms with Gasteiger partial charge in [-0.2, -0.15) is 0 Å². The predicted molar refractivity (Wildman–Crippen MR) is 90.8 cm³/mol. The average molecular weight is 327 g/mol. The van der Waals surface area contributed by atoms with E-state index in [-0.39, 0.29) is 12.4 Å². The van der Waals surface area contributed by atoms with E-state index in [2.05, 4.69) is 4.90 Å². The van der Waals surface area contributed by atoms with Gasteiger partial charge in [-0.25, -0.2) is 0 Å². The molecule has 4 heteroatoms. The molecular weight excluding hydrogens is 296 g/mol. The van der Waals surface area contributed by atoms with E-state index in [9.17, 15) is 4.79 Å². The lowest BCUT2D eigenvalue weighted by Crippen LogP contribution is -2.49. The molecule has 0 aromatic carbocycles. The number of carbonyl (C=O) groups is 1. The third-order valence-corrected chi connectivity index (χ3v) is 7.05. The van der Waals surface area contributed by atoms with Crippen LogP contribution in [0.1, 0.15) is 57.8 Å². The van der Waals surface area contributed by atoms with E-state index in [1.54, 1.807) is 0 Å². The first kappa shape index (κ1) is 16.6. The molecule has 1 aliphatic heterocycles. The van der Waals surface area contributed by atoms with Gasteiger partial charge in [-0.1, -0.05) is 19.3 Å². The molecule has 2 N–H and O–H groups in total. The van der Waals surface area contributed by atoms with Gasteiger partial charge in [-0.15, -0.1) is 12.4 Å². The fourth-order valence-electron chi connectivity index (χ4n) is 5.83. The number of nitrogens with two attached hydrogens (primary N) is 1. The van der Waals surface area contributed by atoms with E-state index in [0.29, 0.717) is 29.7 Å². The summed E-state index contributed by atoms with van der Waals surface area (Å²) in [6.07, 6.45) is 11.5. The van der Waals surface area contributed by atoms with Crippen LogP contribution in [-0.2, 0) is 4.79 Å². The summed E-state index contributed by atoms with van der Waals surface area (Å²) in [5, 5.41) is 0. The van der Waals surface area contributed by atoms with Gasteiger partial charge in [0.05, 0.1) is 0 Å². The Kier molecular flexibility index (Phi) is 5.04. The maximum absolute atomic E-state index is 13.0. The molecule has 0 aromatic heterocycles. The van der Waals surface area contributed by atoms with Crippen molar-refractivity contribution in [2.24, 2.45) is 35.3 Å². The molecule has 4 unspecified atom stereocenters. The maximum atomic E-state index is 13.0. The molecule has 3 aliphatic carbocycles. The largest absolute Gasteiger partial charge is 0.342 e. The van der Waals surface area contributed by atoms with E-state index >= 15 is 0 Å². The third kappa shape index (κ3) is 2.91. The molecule has 4 aliphatic rings. The highest BCUT2D eigenvalue weighted by Crippen LogP contribution is 2.43. The van der Waals surface area contributed by atoms with Crippen LogP contribution in [0.3, 0.4) is 0 Å². The number of fused-ring (bicyclic) bond motifs is 3. The van der Waals surface area contributed by atoms with Gasteiger partial charge in [0.2, 0.25) is 5.91 Å². The van der Waals surface area contributed by atoms with Gasteiger partial charge in [0.15, 0.2) is 0 Å². The van der Waals surface area contributed by atoms with E-state index in [1.807, 2.05) is 0 Å². The molecule has 4 rings (SSSR count). The zero-order valence-corrected chi connectivity index (χ0v) is 14.4. The minimum atomic E-state index is 0. The Labute approximate surface area is 140 Å². The highest BCUT2D eigenvalue weighted by atomic mass is 35.5. The quantitative estimate of drug-likeness (QED) is 0.804. The van der Waals surface area contributed by atoms with Crippen molar-refractivity contribution in [2.75, 3.05) is 13.1 Å². The lowest BCUT2D eigenvalue weighted by Gasteiger charge is -2.44. The van der Waals surface area contributed by atoms with E-state index in [4.69, 9.17) is 5.73 Å². The number of halogens is 1. The van der Waals surface area contributed by atoms with Crippen molar-refractivity contribution in [2.45, 2.75) is 63.8 Å². The number of hydrogen-bond acceptors (Lipinski definition) is 2. The van der Waals surface area contributed by atoms with Crippen LogP contribution in [0, 0.1) is 29.6 Å². The van der Waals surface area contributed by atoms with E-state index < -0.39 is 0 Å². The molecule has 126 valence electrons. The SMILES string of the molecule is Cl.NC1C2CCCC1CC(C(=O)N1CC3CCCCC3C1)C2. The highest BCUT2D eigenvalue weighted by molar-refractivity contribution is 5.85. The van der Waals surface area contributed by atoms with Gasteiger partial charge in [0.1, 0.15) is 0 Å². The van der Waals surface area contributed by atoms with Crippen LogP contribution in [0.5, 0.6) is 0 Å². The summed E-state index contributed by atoms with van der Waals surface area (Å²) < 4.78 is 0. The zero-order valence-electron chi connectivity index (χ0n) is 13.6. The Bertz CT molecular complexity index is 388. The first-order valence-electron chi connectivity index (χ1n) is 9.26. The monoisotopic (exact) mass is 326 g/mol. The first-order chi connectivity index (χ1) is 10.2. The molecule has 0 spiro atoms. The van der Waals surface area contributed by atoms with Gasteiger partial charge < -0.3 is 10.6 Å². The van der Waals surface area contributed by atoms with Crippen LogP contribution in [-0.4, -0.2) is 29.9 Å². The van der Waals surface area contributed by atoms with Gasteiger partial charge in [0.25, 0.3) is 0 Å². The molecule has 1 amide bonds. The number of likely N-dealkylation sites (tertiary alicyclic amines) is 1. The maximum Gasteiger partial charge on any atom is 0.225 e. The fraction of sp³-hybridized carbons (Fsp3) is 0.944. The molecule has 3 saturated carbocycles. The Balaban J connectivity index is 0.00000144. The van der Waals surface area contributed by atoms with Gasteiger partial charge in [-0.05, 0) is 62.2 Å². The number of hydrogen-bond donors (Lipinski definition) is 1. The minimum absolute atomic E-state index is 0. The van der Waals surface area contributed by atoms with Crippen LogP contribution in [0.25, 0.3) is 0 Å². The second kappa shape index (κ2) is 6.68. The van der Waals surface area contributed by atoms with Gasteiger partial charge >= 0.3 is 0 Å². The van der Waals surface area contributed by atoms with Crippen molar-refractivity contribution in [3.63, 3.8) is 0 Å². The van der Waals surface area contributed by atoms with Crippen LogP contribution in [0.2, 0.25) is 0 Å². The summed E-state index contributed by atoms with van der Waals surface area (Å²) in [4.78, 5) is 15.2. The summed E-state index contributed by atoms with van der Waals surface area (Å²) >= 11 is 0. The Morgan fingerprint density at radius 3 is 1.86 bits per heavy atom. The van der Waals surface area contributed by atoms with Crippen molar-refractivity contribution < 1.29 is 4.79 Å². The molecule has 0 radical (unpaired) electrons. The van der Waals surface area contributed by atoms with Crippen LogP contribution >= 0.6 is 12.4 Å². The molecule has 22 heavy (non-hydrogen) atoms. The predicted octanol–water partition coefficient (Wildman–Crippen LogP) is 3.21. The summed E-state index contributed by atoms with van der Waals surface area (Å²) in [5.74, 6) is 3.64. The Morgan fingerprint density at radius 2 is 1.32 bits per heavy atom. The molecule has 2 bridgehead atoms. The molecule has 0 aromatic rings. The van der Waals surface area contributed by atoms with Gasteiger partial charge in [-0.3, -0.25) is 4.79 Å². The minimum Gasteiger partial charge on any atom is -0.342 e. The fourth-order valence-corrected chi connectivity index (χ4v) is 5.83. The van der Waals surface area contributed by atoms with E-state index in [1.165, 1.54) is 44.9 Å². The number of amides is 1. The van der Waals surface area contributed by atoms with Crippen LogP contribution in [0.15, 0.2) is 0 Å². The summed E-state index contributed by atoms with van der Waals surface area (Å²) in [6, 6.07) is 0.379. The topological polar surface area (TPSA) is 46.3 Å². The highest BCUT2D eigenvalue weighted by Gasteiger charge is 2.44. The van der Waals surface area contributed by atoms with E-state index in [0.717, 1.165) is 37.8 Å². The molecule has 3 nitrogen and oxygen atoms in total. The molecule has 4 fully saturated rings. The standard InChI is InChI=1S/C18H30N2O.ClH/c19-17-12-6-3-7-13(17)9-16(8-12)18(21)20-10-14-4-1-2-5-15(14)11-20;/h12-17H,1-11,19H2;1H. The van der Waals surface area contributed by atoms with Crippen molar-refractivity contribution in [3.8, 4) is 0 Å². The first-order valence-corrected chi connectivity index (χ1v) is 9.26. The summed E-state index contributed by atoms with van der Waals surface area (Å²) in [6.45, 7) is 2.11. The van der Waals surface area contributed by atoms with Crippen LogP contribution in [0.4, 0.5) is 0 Å². The van der Waals surface area contributed by atoms with Crippen molar-refractivity contribution >= 4 is 18.3 Å². The number of rotatable bonds is 1. The number of carbonyl (C=O) groups excluding carboxylic acids is 1. The molecule has 1 heterocycles. The summed E-state index contributed by atoms with van der Waals surface area (Å²) in [5.41, 5.74) is 6.37. The smallest absolute Gasteiger partial charge is 0.225 e. The van der Waals surface area contributed by atoms with Crippen molar-refractivity contribution in [3.05, 3.63) is 0 Å². The molecule has 1 saturated heterocycles. The van der Waals surface area contributed by atoms with Crippen LogP contribution < -0.4 is 5.73 Å². The van der Waals surface area contributed by atoms with Gasteiger partial charge in [0, 0.05) is 25.0 Å². The Morgan fingerprint density at radius 1 is 0.818 bits per heavy atom. The number of nitrogens with zero attached hydrogens (tertiary/aromatic N) is 1. The lowest BCUT2D eigenvalue weighted by atomic mass is 9.65. The average Bonchev–Trinajstić information content (AvgIpc) is 2.90. The lowest BCUT2D eigenvalue weighted by molar-refractivity contribution is -0.137. The van der Waals surface area contributed by atoms with Crippen molar-refractivity contribution in [1.82, 2.24) is 4.90 Å². The van der Waals surface area contributed by atoms with Crippen molar-refractivity contribution in [1.29, 1.82) is 0 Å². The third-order valence-electron chi connectivity index (χ3n) is 7.05. The Hall–Kier alpha value is -0.280.